The maximum atomic E-state index is 11.6. The van der Waals surface area contributed by atoms with Crippen LogP contribution in [0.1, 0.15) is 24.0 Å². The zero-order valence-corrected chi connectivity index (χ0v) is 15.5. The van der Waals surface area contributed by atoms with E-state index >= 15 is 0 Å². The Labute approximate surface area is 159 Å². The second-order valence-corrected chi connectivity index (χ2v) is 7.97. The smallest absolute Gasteiger partial charge is 0.451 e. The highest BCUT2D eigenvalue weighted by molar-refractivity contribution is 6.40. The van der Waals surface area contributed by atoms with Crippen LogP contribution in [-0.2, 0) is 17.8 Å². The van der Waals surface area contributed by atoms with E-state index in [1.54, 1.807) is 0 Å². The number of rotatable bonds is 7. The topological polar surface area (TPSA) is 93.0 Å². The van der Waals surface area contributed by atoms with Crippen molar-refractivity contribution in [2.45, 2.75) is 38.2 Å². The van der Waals surface area contributed by atoms with E-state index in [1.165, 1.54) is 11.1 Å². The molecule has 1 saturated heterocycles. The second kappa shape index (κ2) is 8.72. The maximum Gasteiger partial charge on any atom is 0.451 e. The molecule has 2 heterocycles. The standard InChI is InChI=1S/C18H26BClN2O4/c20-15-4-3-12-8-21-16(7-14(12)6-15)10-22-9-13(2-1-5-19(25)26)17(11-22)18(23)24/h3-4,6,13,16-17,21,25-26H,1-2,5,7-11H2,(H,23,24). The van der Waals surface area contributed by atoms with Gasteiger partial charge in [-0.25, -0.2) is 0 Å². The number of carbonyl (C=O) groups is 1. The third-order valence-electron chi connectivity index (χ3n) is 5.57. The lowest BCUT2D eigenvalue weighted by Gasteiger charge is -2.30. The summed E-state index contributed by atoms with van der Waals surface area (Å²) in [5.41, 5.74) is 2.54. The van der Waals surface area contributed by atoms with Gasteiger partial charge in [0.05, 0.1) is 5.92 Å². The Morgan fingerprint density at radius 2 is 2.12 bits per heavy atom. The quantitative estimate of drug-likeness (QED) is 0.532. The molecule has 0 aliphatic carbocycles. The van der Waals surface area contributed by atoms with Crippen LogP contribution in [0, 0.1) is 11.8 Å². The Kier molecular flexibility index (Phi) is 6.58. The number of fused-ring (bicyclic) bond motifs is 1. The van der Waals surface area contributed by atoms with Gasteiger partial charge in [0.2, 0.25) is 0 Å². The lowest BCUT2D eigenvalue weighted by atomic mass is 9.80. The average Bonchev–Trinajstić information content (AvgIpc) is 2.97. The zero-order chi connectivity index (χ0) is 18.7. The fourth-order valence-electron chi connectivity index (χ4n) is 4.23. The van der Waals surface area contributed by atoms with E-state index in [0.717, 1.165) is 31.1 Å². The van der Waals surface area contributed by atoms with Crippen LogP contribution in [0.2, 0.25) is 11.3 Å². The highest BCUT2D eigenvalue weighted by Gasteiger charge is 2.38. The minimum absolute atomic E-state index is 0.0663. The largest absolute Gasteiger partial charge is 0.481 e. The lowest BCUT2D eigenvalue weighted by Crippen LogP contribution is -2.44. The predicted molar refractivity (Wildman–Crippen MR) is 101 cm³/mol. The monoisotopic (exact) mass is 380 g/mol. The summed E-state index contributed by atoms with van der Waals surface area (Å²) in [4.78, 5) is 13.8. The van der Waals surface area contributed by atoms with Gasteiger partial charge >= 0.3 is 13.1 Å². The zero-order valence-electron chi connectivity index (χ0n) is 14.8. The van der Waals surface area contributed by atoms with Gasteiger partial charge in [0.1, 0.15) is 0 Å². The van der Waals surface area contributed by atoms with Crippen molar-refractivity contribution in [1.29, 1.82) is 0 Å². The number of likely N-dealkylation sites (tertiary alicyclic amines) is 1. The van der Waals surface area contributed by atoms with Crippen LogP contribution in [-0.4, -0.2) is 58.8 Å². The summed E-state index contributed by atoms with van der Waals surface area (Å²) in [7, 11) is -1.31. The molecule has 26 heavy (non-hydrogen) atoms. The molecule has 0 radical (unpaired) electrons. The molecule has 3 unspecified atom stereocenters. The van der Waals surface area contributed by atoms with E-state index in [0.29, 0.717) is 25.7 Å². The molecule has 1 fully saturated rings. The number of carboxylic acids is 1. The number of hydrogen-bond donors (Lipinski definition) is 4. The normalized spacial score (nSPS) is 25.9. The first kappa shape index (κ1) is 19.6. The molecule has 0 amide bonds. The first-order valence-electron chi connectivity index (χ1n) is 9.24. The number of benzene rings is 1. The molecule has 3 atom stereocenters. The summed E-state index contributed by atoms with van der Waals surface area (Å²) in [5, 5.41) is 31.8. The summed E-state index contributed by atoms with van der Waals surface area (Å²) >= 11 is 6.11. The summed E-state index contributed by atoms with van der Waals surface area (Å²) in [5.74, 6) is -1.07. The Hall–Kier alpha value is -1.12. The van der Waals surface area contributed by atoms with Crippen molar-refractivity contribution < 1.29 is 19.9 Å². The van der Waals surface area contributed by atoms with Gasteiger partial charge in [0.25, 0.3) is 0 Å². The number of hydrogen-bond acceptors (Lipinski definition) is 5. The third-order valence-corrected chi connectivity index (χ3v) is 5.80. The first-order chi connectivity index (χ1) is 12.4. The van der Waals surface area contributed by atoms with Gasteiger partial charge in [0, 0.05) is 37.2 Å². The van der Waals surface area contributed by atoms with Crippen LogP contribution in [0.4, 0.5) is 0 Å². The Balaban J connectivity index is 1.56. The van der Waals surface area contributed by atoms with Gasteiger partial charge in [-0.15, -0.1) is 0 Å². The number of nitrogens with zero attached hydrogens (tertiary/aromatic N) is 1. The molecule has 2 aliphatic heterocycles. The van der Waals surface area contributed by atoms with E-state index in [9.17, 15) is 9.90 Å². The molecule has 1 aromatic rings. The minimum Gasteiger partial charge on any atom is -0.481 e. The molecule has 1 aromatic carbocycles. The Bertz CT molecular complexity index is 646. The molecule has 2 aliphatic rings. The average molecular weight is 381 g/mol. The summed E-state index contributed by atoms with van der Waals surface area (Å²) in [6.45, 7) is 2.93. The van der Waals surface area contributed by atoms with Gasteiger partial charge in [0.15, 0.2) is 0 Å². The van der Waals surface area contributed by atoms with Crippen molar-refractivity contribution in [2.24, 2.45) is 11.8 Å². The summed E-state index contributed by atoms with van der Waals surface area (Å²) in [6, 6.07) is 6.28. The molecule has 6 nitrogen and oxygen atoms in total. The molecule has 8 heteroatoms. The van der Waals surface area contributed by atoms with Crippen LogP contribution < -0.4 is 5.32 Å². The molecule has 4 N–H and O–H groups in total. The minimum atomic E-state index is -1.31. The SMILES string of the molecule is O=C(O)C1CN(CC2Cc3cc(Cl)ccc3CN2)CC1CCCB(O)O. The molecule has 142 valence electrons. The van der Waals surface area contributed by atoms with Crippen LogP contribution in [0.3, 0.4) is 0 Å². The Morgan fingerprint density at radius 1 is 1.31 bits per heavy atom. The van der Waals surface area contributed by atoms with Gasteiger partial charge in [-0.1, -0.05) is 24.1 Å². The van der Waals surface area contributed by atoms with Crippen molar-refractivity contribution in [3.05, 3.63) is 34.3 Å². The molecule has 0 aromatic heterocycles. The number of carboxylic acid groups (broad SMARTS) is 1. The summed E-state index contributed by atoms with van der Waals surface area (Å²) in [6.07, 6.45) is 2.53. The maximum absolute atomic E-state index is 11.6. The van der Waals surface area contributed by atoms with Crippen molar-refractivity contribution in [2.75, 3.05) is 19.6 Å². The van der Waals surface area contributed by atoms with E-state index < -0.39 is 13.1 Å². The van der Waals surface area contributed by atoms with Gasteiger partial charge < -0.3 is 25.4 Å². The highest BCUT2D eigenvalue weighted by atomic mass is 35.5. The van der Waals surface area contributed by atoms with Crippen LogP contribution in [0.25, 0.3) is 0 Å². The molecule has 0 bridgehead atoms. The molecule has 0 spiro atoms. The first-order valence-corrected chi connectivity index (χ1v) is 9.62. The van der Waals surface area contributed by atoms with Crippen LogP contribution in [0.5, 0.6) is 0 Å². The van der Waals surface area contributed by atoms with Gasteiger partial charge in [-0.3, -0.25) is 4.79 Å². The predicted octanol–water partition coefficient (Wildman–Crippen LogP) is 1.24. The lowest BCUT2D eigenvalue weighted by molar-refractivity contribution is -0.142. The number of halogens is 1. The van der Waals surface area contributed by atoms with Crippen molar-refractivity contribution in [1.82, 2.24) is 10.2 Å². The van der Waals surface area contributed by atoms with E-state index in [-0.39, 0.29) is 17.9 Å². The van der Waals surface area contributed by atoms with Crippen LogP contribution in [0.15, 0.2) is 18.2 Å². The van der Waals surface area contributed by atoms with Gasteiger partial charge in [-0.2, -0.15) is 0 Å². The number of aliphatic carboxylic acids is 1. The van der Waals surface area contributed by atoms with Crippen molar-refractivity contribution in [3.8, 4) is 0 Å². The van der Waals surface area contributed by atoms with E-state index in [2.05, 4.69) is 16.3 Å². The van der Waals surface area contributed by atoms with Crippen LogP contribution >= 0.6 is 11.6 Å². The Morgan fingerprint density at radius 3 is 2.85 bits per heavy atom. The highest BCUT2D eigenvalue weighted by Crippen LogP contribution is 2.29. The van der Waals surface area contributed by atoms with Gasteiger partial charge in [-0.05, 0) is 48.3 Å². The van der Waals surface area contributed by atoms with Crippen molar-refractivity contribution >= 4 is 24.7 Å². The third kappa shape index (κ3) is 4.99. The summed E-state index contributed by atoms with van der Waals surface area (Å²) < 4.78 is 0. The molecule has 0 saturated carbocycles. The second-order valence-electron chi connectivity index (χ2n) is 7.53. The van der Waals surface area contributed by atoms with E-state index in [4.69, 9.17) is 21.6 Å². The number of nitrogens with one attached hydrogen (secondary N) is 1. The molecule has 3 rings (SSSR count). The molecular weight excluding hydrogens is 354 g/mol. The van der Waals surface area contributed by atoms with Crippen molar-refractivity contribution in [3.63, 3.8) is 0 Å². The fourth-order valence-corrected chi connectivity index (χ4v) is 4.43. The van der Waals surface area contributed by atoms with E-state index in [1.807, 2.05) is 12.1 Å². The molecular formula is C18H26BClN2O4. The fraction of sp³-hybridized carbons (Fsp3) is 0.611.